The van der Waals surface area contributed by atoms with Crippen molar-refractivity contribution in [2.45, 2.75) is 5.41 Å². The summed E-state index contributed by atoms with van der Waals surface area (Å²) in [6.45, 7) is -0.369. The van der Waals surface area contributed by atoms with Gasteiger partial charge in [0.1, 0.15) is 29.7 Å². The number of benzene rings is 3. The molecule has 0 saturated carbocycles. The van der Waals surface area contributed by atoms with Crippen LogP contribution in [0.15, 0.2) is 89.0 Å². The van der Waals surface area contributed by atoms with Crippen molar-refractivity contribution in [3.8, 4) is 17.6 Å². The first kappa shape index (κ1) is 24.8. The van der Waals surface area contributed by atoms with Gasteiger partial charge in [0, 0.05) is 29.4 Å². The number of rotatable bonds is 4. The van der Waals surface area contributed by atoms with Gasteiger partial charge >= 0.3 is 0 Å². The van der Waals surface area contributed by atoms with E-state index in [0.717, 1.165) is 0 Å². The Bertz CT molecular complexity index is 1870. The van der Waals surface area contributed by atoms with Gasteiger partial charge in [0.2, 0.25) is 17.7 Å². The van der Waals surface area contributed by atoms with E-state index in [1.807, 2.05) is 6.07 Å². The van der Waals surface area contributed by atoms with Crippen LogP contribution in [0.4, 0.5) is 11.4 Å². The lowest BCUT2D eigenvalue weighted by molar-refractivity contribution is -0.123. The van der Waals surface area contributed by atoms with Crippen LogP contribution in [0.3, 0.4) is 0 Å². The minimum absolute atomic E-state index is 0.0186. The van der Waals surface area contributed by atoms with Crippen LogP contribution in [0.1, 0.15) is 11.1 Å². The molecule has 1 spiro atoms. The van der Waals surface area contributed by atoms with Crippen molar-refractivity contribution >= 4 is 34.1 Å². The first-order chi connectivity index (χ1) is 19.3. The van der Waals surface area contributed by atoms with Crippen LogP contribution in [0, 0.1) is 11.3 Å². The Hall–Kier alpha value is -5.56. The maximum atomic E-state index is 14.6. The number of anilines is 2. The lowest BCUT2D eigenvalue weighted by atomic mass is 9.69. The fourth-order valence-corrected chi connectivity index (χ4v) is 5.63. The van der Waals surface area contributed by atoms with Gasteiger partial charge in [-0.15, -0.1) is 0 Å². The summed E-state index contributed by atoms with van der Waals surface area (Å²) in [5, 5.41) is 13.6. The predicted molar refractivity (Wildman–Crippen MR) is 148 cm³/mol. The zero-order valence-electron chi connectivity index (χ0n) is 21.6. The summed E-state index contributed by atoms with van der Waals surface area (Å²) >= 11 is 0. The van der Waals surface area contributed by atoms with Crippen molar-refractivity contribution < 1.29 is 19.1 Å². The first-order valence-corrected chi connectivity index (χ1v) is 12.4. The van der Waals surface area contributed by atoms with Gasteiger partial charge in [0.15, 0.2) is 5.41 Å². The van der Waals surface area contributed by atoms with Crippen LogP contribution >= 0.6 is 0 Å². The van der Waals surface area contributed by atoms with Gasteiger partial charge < -0.3 is 30.0 Å². The molecule has 1 atom stereocenters. The highest BCUT2D eigenvalue weighted by atomic mass is 16.5. The molecule has 2 aliphatic heterocycles. The molecule has 1 unspecified atom stereocenters. The molecule has 40 heavy (non-hydrogen) atoms. The molecule has 1 aromatic heterocycles. The summed E-state index contributed by atoms with van der Waals surface area (Å²) in [5.74, 6) is -0.650. The number of aromatic nitrogens is 1. The van der Waals surface area contributed by atoms with Crippen molar-refractivity contribution in [2.24, 2.45) is 12.8 Å². The molecule has 10 heteroatoms. The lowest BCUT2D eigenvalue weighted by Gasteiger charge is -2.34. The third-order valence-electron chi connectivity index (χ3n) is 7.42. The van der Waals surface area contributed by atoms with Crippen molar-refractivity contribution in [3.63, 3.8) is 0 Å². The van der Waals surface area contributed by atoms with Crippen LogP contribution in [-0.4, -0.2) is 30.0 Å². The van der Waals surface area contributed by atoms with Gasteiger partial charge in [0.05, 0.1) is 18.2 Å². The minimum atomic E-state index is -1.90. The Morgan fingerprint density at radius 3 is 2.50 bits per heavy atom. The molecular formula is C30H23N5O5. The van der Waals surface area contributed by atoms with Crippen LogP contribution in [0.2, 0.25) is 0 Å². The Morgan fingerprint density at radius 2 is 1.77 bits per heavy atom. The molecule has 198 valence electrons. The molecule has 3 heterocycles. The third-order valence-corrected chi connectivity index (χ3v) is 7.42. The molecule has 6 rings (SSSR count). The number of carbonyl (C=O) groups is 2. The van der Waals surface area contributed by atoms with E-state index in [4.69, 9.17) is 15.2 Å². The van der Waals surface area contributed by atoms with Crippen LogP contribution in [0.25, 0.3) is 10.9 Å². The Balaban J connectivity index is 1.54. The number of hydrogen-bond donors (Lipinski definition) is 2. The van der Waals surface area contributed by atoms with E-state index in [-0.39, 0.29) is 29.3 Å². The molecule has 3 N–H and O–H groups in total. The molecule has 0 bridgehead atoms. The number of carbonyl (C=O) groups excluding carboxylic acids is 2. The highest BCUT2D eigenvalue weighted by molar-refractivity contribution is 6.17. The molecule has 4 aromatic rings. The number of fused-ring (bicyclic) bond motifs is 6. The van der Waals surface area contributed by atoms with E-state index < -0.39 is 22.8 Å². The summed E-state index contributed by atoms with van der Waals surface area (Å²) in [4.78, 5) is 43.0. The number of nitrogens with zero attached hydrogens (tertiary/aromatic N) is 3. The van der Waals surface area contributed by atoms with Crippen LogP contribution in [-0.2, 0) is 22.1 Å². The van der Waals surface area contributed by atoms with Crippen molar-refractivity contribution in [3.05, 3.63) is 106 Å². The number of hydrogen-bond acceptors (Lipinski definition) is 7. The van der Waals surface area contributed by atoms with E-state index >= 15 is 0 Å². The second kappa shape index (κ2) is 9.03. The van der Waals surface area contributed by atoms with E-state index in [1.54, 1.807) is 87.0 Å². The Labute approximate surface area is 228 Å². The number of ether oxygens (including phenoxy) is 2. The molecular weight excluding hydrogens is 510 g/mol. The van der Waals surface area contributed by atoms with Crippen molar-refractivity contribution in [1.29, 1.82) is 5.26 Å². The van der Waals surface area contributed by atoms with E-state index in [9.17, 15) is 19.6 Å². The van der Waals surface area contributed by atoms with Gasteiger partial charge in [0.25, 0.3) is 5.56 Å². The zero-order chi connectivity index (χ0) is 28.2. The van der Waals surface area contributed by atoms with Gasteiger partial charge in [-0.25, -0.2) is 0 Å². The lowest BCUT2D eigenvalue weighted by Crippen LogP contribution is -2.50. The molecule has 10 nitrogen and oxygen atoms in total. The maximum absolute atomic E-state index is 14.6. The van der Waals surface area contributed by atoms with E-state index in [1.165, 1.54) is 9.47 Å². The number of aryl methyl sites for hydroxylation is 1. The van der Waals surface area contributed by atoms with Gasteiger partial charge in [-0.05, 0) is 42.5 Å². The summed E-state index contributed by atoms with van der Waals surface area (Å²) in [6.07, 6.45) is 0. The fourth-order valence-electron chi connectivity index (χ4n) is 5.63. The second-order valence-electron chi connectivity index (χ2n) is 9.47. The Morgan fingerprint density at radius 1 is 1.07 bits per heavy atom. The van der Waals surface area contributed by atoms with Crippen LogP contribution in [0.5, 0.6) is 11.5 Å². The minimum Gasteiger partial charge on any atom is -0.497 e. The normalized spacial score (nSPS) is 17.3. The summed E-state index contributed by atoms with van der Waals surface area (Å²) < 4.78 is 12.5. The third kappa shape index (κ3) is 3.31. The molecule has 0 radical (unpaired) electrons. The van der Waals surface area contributed by atoms with Gasteiger partial charge in [-0.3, -0.25) is 14.4 Å². The smallest absolute Gasteiger partial charge is 0.259 e. The average molecular weight is 534 g/mol. The average Bonchev–Trinajstić information content (AvgIpc) is 3.20. The molecule has 2 aliphatic rings. The maximum Gasteiger partial charge on any atom is 0.259 e. The largest absolute Gasteiger partial charge is 0.497 e. The number of amides is 2. The van der Waals surface area contributed by atoms with Crippen LogP contribution < -0.4 is 31.0 Å². The highest BCUT2D eigenvalue weighted by Crippen LogP contribution is 2.55. The quantitative estimate of drug-likeness (QED) is 0.411. The molecule has 0 saturated heterocycles. The van der Waals surface area contributed by atoms with E-state index in [0.29, 0.717) is 33.6 Å². The fraction of sp³-hybridized carbons (Fsp3) is 0.133. The number of methoxy groups -OCH3 is 1. The standard InChI is InChI=1S/C30H23N5O5/c1-34-22-9-5-3-7-19(22)26-25(28(34)37)30(21(15-31)27(32)40-26)20-8-4-6-10-23(20)35(29(30)38)16-24(36)33-17-11-13-18(39-2)14-12-17/h3-14H,16,32H2,1-2H3,(H,33,36). The predicted octanol–water partition coefficient (Wildman–Crippen LogP) is 2.90. The SMILES string of the molecule is COc1ccc(NC(=O)CN2C(=O)C3(C(C#N)=C(N)Oc4c3c(=O)n(C)c3ccccc43)c3ccccc32)cc1. The van der Waals surface area contributed by atoms with Crippen molar-refractivity contribution in [1.82, 2.24) is 4.57 Å². The summed E-state index contributed by atoms with van der Waals surface area (Å²) in [7, 11) is 3.14. The van der Waals surface area contributed by atoms with Crippen molar-refractivity contribution in [2.75, 3.05) is 23.9 Å². The monoisotopic (exact) mass is 533 g/mol. The summed E-state index contributed by atoms with van der Waals surface area (Å²) in [5.41, 5.74) is 5.50. The zero-order valence-corrected chi connectivity index (χ0v) is 21.6. The number of para-hydroxylation sites is 2. The summed E-state index contributed by atoms with van der Waals surface area (Å²) in [6, 6.07) is 22.7. The molecule has 0 aliphatic carbocycles. The Kier molecular flexibility index (Phi) is 5.59. The topological polar surface area (TPSA) is 140 Å². The number of nitriles is 1. The number of nitrogens with two attached hydrogens (primary N) is 1. The first-order valence-electron chi connectivity index (χ1n) is 12.4. The number of pyridine rings is 1. The van der Waals surface area contributed by atoms with E-state index in [2.05, 4.69) is 5.32 Å². The van der Waals surface area contributed by atoms with Gasteiger partial charge in [-0.2, -0.15) is 5.26 Å². The molecule has 3 aromatic carbocycles. The number of nitrogens with one attached hydrogen (secondary N) is 1. The second-order valence-corrected chi connectivity index (χ2v) is 9.47. The molecule has 0 fully saturated rings. The van der Waals surface area contributed by atoms with Gasteiger partial charge in [-0.1, -0.05) is 30.3 Å². The highest BCUT2D eigenvalue weighted by Gasteiger charge is 2.61. The molecule has 2 amide bonds.